The van der Waals surface area contributed by atoms with E-state index in [0.29, 0.717) is 11.8 Å². The fourth-order valence-corrected chi connectivity index (χ4v) is 2.36. The molecule has 1 aliphatic heterocycles. The summed E-state index contributed by atoms with van der Waals surface area (Å²) in [5.74, 6) is 0.398. The van der Waals surface area contributed by atoms with E-state index in [1.807, 2.05) is 6.07 Å². The van der Waals surface area contributed by atoms with Crippen LogP contribution < -0.4 is 0 Å². The van der Waals surface area contributed by atoms with Crippen molar-refractivity contribution >= 4 is 0 Å². The number of aromatic hydroxyl groups is 1. The highest BCUT2D eigenvalue weighted by Gasteiger charge is 2.19. The van der Waals surface area contributed by atoms with Gasteiger partial charge in [-0.2, -0.15) is 0 Å². The van der Waals surface area contributed by atoms with Crippen LogP contribution in [-0.4, -0.2) is 36.3 Å². The third-order valence-corrected chi connectivity index (χ3v) is 3.47. The van der Waals surface area contributed by atoms with Gasteiger partial charge in [0.1, 0.15) is 5.75 Å². The number of benzene rings is 1. The summed E-state index contributed by atoms with van der Waals surface area (Å²) in [7, 11) is 2.12. The van der Waals surface area contributed by atoms with Crippen LogP contribution in [0.2, 0.25) is 0 Å². The molecule has 1 fully saturated rings. The molecule has 0 amide bonds. The summed E-state index contributed by atoms with van der Waals surface area (Å²) in [6.45, 7) is 4.57. The van der Waals surface area contributed by atoms with Crippen LogP contribution in [-0.2, 0) is 11.3 Å². The molecule has 1 aromatic rings. The van der Waals surface area contributed by atoms with Crippen molar-refractivity contribution in [1.82, 2.24) is 4.90 Å². The lowest BCUT2D eigenvalue weighted by Crippen LogP contribution is -2.36. The summed E-state index contributed by atoms with van der Waals surface area (Å²) in [6.07, 6.45) is 2.17. The van der Waals surface area contributed by atoms with Crippen molar-refractivity contribution in [3.63, 3.8) is 0 Å². The molecule has 0 aliphatic carbocycles. The van der Waals surface area contributed by atoms with Gasteiger partial charge in [-0.05, 0) is 32.9 Å². The van der Waals surface area contributed by atoms with E-state index in [4.69, 9.17) is 4.74 Å². The van der Waals surface area contributed by atoms with Gasteiger partial charge in [0.15, 0.2) is 0 Å². The number of hydrogen-bond donors (Lipinski definition) is 1. The molecule has 2 rings (SSSR count). The first kappa shape index (κ1) is 12.4. The van der Waals surface area contributed by atoms with Crippen molar-refractivity contribution < 1.29 is 9.84 Å². The van der Waals surface area contributed by atoms with Gasteiger partial charge in [0.25, 0.3) is 0 Å². The largest absolute Gasteiger partial charge is 0.508 e. The Bertz CT molecular complexity index is 372. The Morgan fingerprint density at radius 3 is 2.76 bits per heavy atom. The number of hydrogen-bond acceptors (Lipinski definition) is 3. The monoisotopic (exact) mass is 235 g/mol. The highest BCUT2D eigenvalue weighted by Crippen LogP contribution is 2.22. The summed E-state index contributed by atoms with van der Waals surface area (Å²) < 4.78 is 5.37. The van der Waals surface area contributed by atoms with E-state index in [2.05, 4.69) is 24.9 Å². The fourth-order valence-electron chi connectivity index (χ4n) is 2.36. The van der Waals surface area contributed by atoms with Crippen molar-refractivity contribution in [3.05, 3.63) is 29.3 Å². The molecular formula is C14H21NO2. The summed E-state index contributed by atoms with van der Waals surface area (Å²) in [4.78, 5) is 2.32. The van der Waals surface area contributed by atoms with Gasteiger partial charge in [-0.25, -0.2) is 0 Å². The third kappa shape index (κ3) is 3.20. The van der Waals surface area contributed by atoms with Crippen LogP contribution in [0, 0.1) is 6.92 Å². The van der Waals surface area contributed by atoms with Gasteiger partial charge in [-0.15, -0.1) is 0 Å². The van der Waals surface area contributed by atoms with Crippen molar-refractivity contribution in [2.75, 3.05) is 20.3 Å². The van der Waals surface area contributed by atoms with E-state index in [1.54, 1.807) is 6.07 Å². The maximum Gasteiger partial charge on any atom is 0.120 e. The predicted molar refractivity (Wildman–Crippen MR) is 68.2 cm³/mol. The van der Waals surface area contributed by atoms with E-state index >= 15 is 0 Å². The smallest absolute Gasteiger partial charge is 0.120 e. The van der Waals surface area contributed by atoms with Gasteiger partial charge < -0.3 is 9.84 Å². The third-order valence-electron chi connectivity index (χ3n) is 3.47. The summed E-state index contributed by atoms with van der Waals surface area (Å²) in [6, 6.07) is 6.35. The lowest BCUT2D eigenvalue weighted by atomic mass is 10.1. The van der Waals surface area contributed by atoms with Crippen molar-refractivity contribution in [2.45, 2.75) is 32.4 Å². The van der Waals surface area contributed by atoms with Crippen LogP contribution in [0.4, 0.5) is 0 Å². The van der Waals surface area contributed by atoms with Gasteiger partial charge in [0, 0.05) is 31.4 Å². The summed E-state index contributed by atoms with van der Waals surface area (Å²) >= 11 is 0. The van der Waals surface area contributed by atoms with Gasteiger partial charge in [0.05, 0.1) is 0 Å². The van der Waals surface area contributed by atoms with Crippen LogP contribution in [0.1, 0.15) is 24.0 Å². The zero-order chi connectivity index (χ0) is 12.3. The molecule has 1 heterocycles. The Labute approximate surface area is 103 Å². The molecule has 3 heteroatoms. The zero-order valence-corrected chi connectivity index (χ0v) is 10.6. The molecule has 3 nitrogen and oxygen atoms in total. The molecule has 0 spiro atoms. The van der Waals surface area contributed by atoms with Gasteiger partial charge >= 0.3 is 0 Å². The number of aryl methyl sites for hydroxylation is 1. The van der Waals surface area contributed by atoms with E-state index in [9.17, 15) is 5.11 Å². The molecule has 1 aromatic carbocycles. The van der Waals surface area contributed by atoms with Crippen molar-refractivity contribution in [3.8, 4) is 5.75 Å². The van der Waals surface area contributed by atoms with Crippen LogP contribution in [0.25, 0.3) is 0 Å². The Morgan fingerprint density at radius 1 is 1.35 bits per heavy atom. The molecule has 0 atom stereocenters. The summed E-state index contributed by atoms with van der Waals surface area (Å²) in [5, 5.41) is 9.83. The number of phenols is 1. The number of phenolic OH excluding ortho intramolecular Hbond substituents is 1. The molecule has 0 saturated carbocycles. The maximum absolute atomic E-state index is 9.83. The standard InChI is InChI=1S/C14H21NO2/c1-11-3-4-14(16)12(9-11)10-15(2)13-5-7-17-8-6-13/h3-4,9,13,16H,5-8,10H2,1-2H3. The van der Waals surface area contributed by atoms with Gasteiger partial charge in [0.2, 0.25) is 0 Å². The Morgan fingerprint density at radius 2 is 2.06 bits per heavy atom. The van der Waals surface area contributed by atoms with Crippen LogP contribution in [0.3, 0.4) is 0 Å². The molecule has 17 heavy (non-hydrogen) atoms. The fraction of sp³-hybridized carbons (Fsp3) is 0.571. The van der Waals surface area contributed by atoms with E-state index in [1.165, 1.54) is 5.56 Å². The number of ether oxygens (including phenoxy) is 1. The zero-order valence-electron chi connectivity index (χ0n) is 10.6. The molecule has 1 aliphatic rings. The normalized spacial score (nSPS) is 17.6. The van der Waals surface area contributed by atoms with E-state index < -0.39 is 0 Å². The van der Waals surface area contributed by atoms with Crippen molar-refractivity contribution in [2.24, 2.45) is 0 Å². The average Bonchev–Trinajstić information content (AvgIpc) is 2.35. The second kappa shape index (κ2) is 5.52. The molecule has 94 valence electrons. The minimum atomic E-state index is 0.398. The predicted octanol–water partition coefficient (Wildman–Crippen LogP) is 2.31. The maximum atomic E-state index is 9.83. The Kier molecular flexibility index (Phi) is 4.02. The highest BCUT2D eigenvalue weighted by atomic mass is 16.5. The Balaban J connectivity index is 2.01. The SMILES string of the molecule is Cc1ccc(O)c(CN(C)C2CCOCC2)c1. The molecule has 0 unspecified atom stereocenters. The van der Waals surface area contributed by atoms with Crippen LogP contribution in [0.15, 0.2) is 18.2 Å². The molecular weight excluding hydrogens is 214 g/mol. The number of rotatable bonds is 3. The van der Waals surface area contributed by atoms with Crippen LogP contribution in [0.5, 0.6) is 5.75 Å². The quantitative estimate of drug-likeness (QED) is 0.872. The molecule has 0 bridgehead atoms. The molecule has 1 N–H and O–H groups in total. The van der Waals surface area contributed by atoms with Gasteiger partial charge in [-0.3, -0.25) is 4.90 Å². The second-order valence-corrected chi connectivity index (χ2v) is 4.89. The lowest BCUT2D eigenvalue weighted by molar-refractivity contribution is 0.0405. The minimum absolute atomic E-state index is 0.398. The minimum Gasteiger partial charge on any atom is -0.508 e. The molecule has 0 aromatic heterocycles. The average molecular weight is 235 g/mol. The first-order valence-corrected chi connectivity index (χ1v) is 6.23. The Hall–Kier alpha value is -1.06. The van der Waals surface area contributed by atoms with E-state index in [0.717, 1.165) is 38.2 Å². The summed E-state index contributed by atoms with van der Waals surface area (Å²) in [5.41, 5.74) is 2.21. The molecule has 0 radical (unpaired) electrons. The van der Waals surface area contributed by atoms with Crippen molar-refractivity contribution in [1.29, 1.82) is 0 Å². The number of nitrogens with zero attached hydrogens (tertiary/aromatic N) is 1. The van der Waals surface area contributed by atoms with E-state index in [-0.39, 0.29) is 0 Å². The van der Waals surface area contributed by atoms with Gasteiger partial charge in [-0.1, -0.05) is 17.7 Å². The first-order chi connectivity index (χ1) is 8.16. The molecule has 1 saturated heterocycles. The first-order valence-electron chi connectivity index (χ1n) is 6.23. The highest BCUT2D eigenvalue weighted by molar-refractivity contribution is 5.35. The van der Waals surface area contributed by atoms with Crippen LogP contribution >= 0.6 is 0 Å². The second-order valence-electron chi connectivity index (χ2n) is 4.89. The topological polar surface area (TPSA) is 32.7 Å². The lowest BCUT2D eigenvalue weighted by Gasteiger charge is -2.31.